The zero-order valence-electron chi connectivity index (χ0n) is 17.0. The van der Waals surface area contributed by atoms with E-state index >= 15 is 0 Å². The third-order valence-electron chi connectivity index (χ3n) is 6.07. The monoisotopic (exact) mass is 385 g/mol. The highest BCUT2D eigenvalue weighted by atomic mass is 16.2. The Labute approximate surface area is 166 Å². The molecule has 0 spiro atoms. The number of nitrogens with one attached hydrogen (secondary N) is 1. The topological polar surface area (TPSA) is 79.2 Å². The van der Waals surface area contributed by atoms with Crippen molar-refractivity contribution in [2.75, 3.05) is 44.2 Å². The molecule has 1 amide bonds. The molecule has 4 heterocycles. The van der Waals surface area contributed by atoms with Crippen molar-refractivity contribution >= 4 is 22.8 Å². The number of likely N-dealkylation sites (tertiary alicyclic amines) is 1. The molecule has 2 aromatic heterocycles. The van der Waals surface area contributed by atoms with E-state index in [4.69, 9.17) is 0 Å². The molecule has 0 aromatic carbocycles. The van der Waals surface area contributed by atoms with E-state index in [-0.39, 0.29) is 11.7 Å². The van der Waals surface area contributed by atoms with Crippen LogP contribution in [0.5, 0.6) is 0 Å². The van der Waals surface area contributed by atoms with Gasteiger partial charge in [0.15, 0.2) is 5.65 Å². The van der Waals surface area contributed by atoms with Crippen molar-refractivity contribution in [3.8, 4) is 0 Å². The van der Waals surface area contributed by atoms with Gasteiger partial charge in [0.1, 0.15) is 5.82 Å². The second-order valence-electron chi connectivity index (χ2n) is 8.03. The minimum absolute atomic E-state index is 0.195. The Kier molecular flexibility index (Phi) is 5.75. The van der Waals surface area contributed by atoms with Gasteiger partial charge in [-0.15, -0.1) is 0 Å². The predicted octanol–water partition coefficient (Wildman–Crippen LogP) is 1.82. The maximum absolute atomic E-state index is 12.7. The summed E-state index contributed by atoms with van der Waals surface area (Å²) in [6, 6.07) is 0. The van der Waals surface area contributed by atoms with Crippen molar-refractivity contribution in [2.45, 2.75) is 39.0 Å². The van der Waals surface area contributed by atoms with Crippen molar-refractivity contribution in [1.29, 1.82) is 0 Å². The van der Waals surface area contributed by atoms with Gasteiger partial charge < -0.3 is 15.1 Å². The van der Waals surface area contributed by atoms with Gasteiger partial charge in [-0.25, -0.2) is 9.97 Å². The van der Waals surface area contributed by atoms with E-state index in [0.717, 1.165) is 50.1 Å². The fourth-order valence-corrected chi connectivity index (χ4v) is 4.33. The van der Waals surface area contributed by atoms with Crippen LogP contribution in [0.25, 0.3) is 11.0 Å². The van der Waals surface area contributed by atoms with E-state index in [1.807, 2.05) is 13.2 Å². The van der Waals surface area contributed by atoms with Crippen molar-refractivity contribution in [2.24, 2.45) is 13.0 Å². The summed E-state index contributed by atoms with van der Waals surface area (Å²) in [7, 11) is 1.87. The van der Waals surface area contributed by atoms with Crippen LogP contribution in [0, 0.1) is 5.92 Å². The molecule has 0 saturated carbocycles. The second-order valence-corrected chi connectivity index (χ2v) is 8.03. The lowest BCUT2D eigenvalue weighted by molar-refractivity contribution is 0.0938. The number of nitrogens with zero attached hydrogens (tertiary/aromatic N) is 6. The lowest BCUT2D eigenvalue weighted by Crippen LogP contribution is -2.35. The molecule has 8 heteroatoms. The number of fused-ring (bicyclic) bond motifs is 1. The van der Waals surface area contributed by atoms with Crippen LogP contribution in [0.2, 0.25) is 0 Å². The Morgan fingerprint density at radius 2 is 1.93 bits per heavy atom. The van der Waals surface area contributed by atoms with Crippen LogP contribution in [0.15, 0.2) is 6.20 Å². The van der Waals surface area contributed by atoms with Crippen LogP contribution < -0.4 is 10.2 Å². The summed E-state index contributed by atoms with van der Waals surface area (Å²) in [5.41, 5.74) is 0.594. The smallest absolute Gasteiger partial charge is 0.289 e. The van der Waals surface area contributed by atoms with Gasteiger partial charge in [-0.3, -0.25) is 9.48 Å². The van der Waals surface area contributed by atoms with Crippen LogP contribution in [0.3, 0.4) is 0 Å². The number of hydrogen-bond acceptors (Lipinski definition) is 6. The number of aryl methyl sites for hydroxylation is 1. The third-order valence-corrected chi connectivity index (χ3v) is 6.07. The summed E-state index contributed by atoms with van der Waals surface area (Å²) in [5, 5.41) is 8.36. The first kappa shape index (κ1) is 19.1. The minimum atomic E-state index is -0.195. The Balaban J connectivity index is 1.41. The molecule has 1 N–H and O–H groups in total. The highest BCUT2D eigenvalue weighted by molar-refractivity contribution is 5.95. The minimum Gasteiger partial charge on any atom is -0.356 e. The maximum Gasteiger partial charge on any atom is 0.289 e. The molecule has 152 valence electrons. The standard InChI is InChI=1S/C20H31N7O/c1-3-26-12-7-15(8-13-26)6-9-21-20(28)18-22-17-16(14-25(2)24-17)19(23-18)27-10-4-5-11-27/h14-15H,3-13H2,1-2H3,(H,21,28). The summed E-state index contributed by atoms with van der Waals surface area (Å²) in [5.74, 6) is 1.57. The first-order valence-corrected chi connectivity index (χ1v) is 10.6. The molecule has 0 unspecified atom stereocenters. The molecule has 0 bridgehead atoms. The van der Waals surface area contributed by atoms with Crippen LogP contribution in [-0.2, 0) is 7.05 Å². The van der Waals surface area contributed by atoms with Gasteiger partial charge in [0.25, 0.3) is 5.91 Å². The van der Waals surface area contributed by atoms with Gasteiger partial charge in [0.2, 0.25) is 5.82 Å². The van der Waals surface area contributed by atoms with E-state index in [0.29, 0.717) is 18.1 Å². The van der Waals surface area contributed by atoms with E-state index in [2.05, 4.69) is 37.1 Å². The lowest BCUT2D eigenvalue weighted by atomic mass is 9.93. The van der Waals surface area contributed by atoms with Gasteiger partial charge in [0.05, 0.1) is 5.39 Å². The zero-order valence-corrected chi connectivity index (χ0v) is 17.0. The van der Waals surface area contributed by atoms with E-state index < -0.39 is 0 Å². The van der Waals surface area contributed by atoms with Gasteiger partial charge >= 0.3 is 0 Å². The van der Waals surface area contributed by atoms with Crippen molar-refractivity contribution in [3.05, 3.63) is 12.0 Å². The van der Waals surface area contributed by atoms with E-state index in [1.165, 1.54) is 25.9 Å². The maximum atomic E-state index is 12.7. The van der Waals surface area contributed by atoms with E-state index in [9.17, 15) is 4.79 Å². The Morgan fingerprint density at radius 1 is 1.18 bits per heavy atom. The number of aromatic nitrogens is 4. The van der Waals surface area contributed by atoms with Gasteiger partial charge in [-0.05, 0) is 57.7 Å². The number of rotatable bonds is 6. The van der Waals surface area contributed by atoms with Crippen molar-refractivity contribution in [3.63, 3.8) is 0 Å². The number of amides is 1. The summed E-state index contributed by atoms with van der Waals surface area (Å²) in [6.45, 7) is 8.32. The summed E-state index contributed by atoms with van der Waals surface area (Å²) in [6.07, 6.45) is 7.72. The molecule has 8 nitrogen and oxygen atoms in total. The van der Waals surface area contributed by atoms with Crippen molar-refractivity contribution < 1.29 is 4.79 Å². The second kappa shape index (κ2) is 8.43. The fraction of sp³-hybridized carbons (Fsp3) is 0.700. The van der Waals surface area contributed by atoms with Crippen LogP contribution in [-0.4, -0.2) is 69.8 Å². The number of anilines is 1. The normalized spacial score (nSPS) is 18.9. The fourth-order valence-electron chi connectivity index (χ4n) is 4.33. The average Bonchev–Trinajstić information content (AvgIpc) is 3.36. The van der Waals surface area contributed by atoms with Gasteiger partial charge in [-0.2, -0.15) is 5.10 Å². The summed E-state index contributed by atoms with van der Waals surface area (Å²) >= 11 is 0. The predicted molar refractivity (Wildman–Crippen MR) is 110 cm³/mol. The van der Waals surface area contributed by atoms with Crippen LogP contribution in [0.1, 0.15) is 49.6 Å². The van der Waals surface area contributed by atoms with Gasteiger partial charge in [0, 0.05) is 32.9 Å². The molecule has 0 aliphatic carbocycles. The zero-order chi connectivity index (χ0) is 19.5. The van der Waals surface area contributed by atoms with Gasteiger partial charge in [-0.1, -0.05) is 6.92 Å². The molecule has 0 atom stereocenters. The average molecular weight is 386 g/mol. The summed E-state index contributed by atoms with van der Waals surface area (Å²) < 4.78 is 1.74. The summed E-state index contributed by atoms with van der Waals surface area (Å²) in [4.78, 5) is 26.5. The Hall–Kier alpha value is -2.22. The molecular weight excluding hydrogens is 354 g/mol. The Bertz CT molecular complexity index is 819. The number of piperidine rings is 1. The highest BCUT2D eigenvalue weighted by Gasteiger charge is 2.23. The first-order chi connectivity index (χ1) is 13.6. The molecule has 2 aliphatic rings. The highest BCUT2D eigenvalue weighted by Crippen LogP contribution is 2.26. The third kappa shape index (κ3) is 4.11. The first-order valence-electron chi connectivity index (χ1n) is 10.6. The molecular formula is C20H31N7O. The number of carbonyl (C=O) groups is 1. The van der Waals surface area contributed by atoms with Crippen LogP contribution in [0.4, 0.5) is 5.82 Å². The number of carbonyl (C=O) groups excluding carboxylic acids is 1. The van der Waals surface area contributed by atoms with Crippen molar-refractivity contribution in [1.82, 2.24) is 30.0 Å². The molecule has 28 heavy (non-hydrogen) atoms. The molecule has 4 rings (SSSR count). The SMILES string of the molecule is CCN1CCC(CCNC(=O)c2nc(N3CCCC3)c3cn(C)nc3n2)CC1. The molecule has 2 aromatic rings. The number of hydrogen-bond donors (Lipinski definition) is 1. The molecule has 2 aliphatic heterocycles. The Morgan fingerprint density at radius 3 is 2.64 bits per heavy atom. The lowest BCUT2D eigenvalue weighted by Gasteiger charge is -2.30. The van der Waals surface area contributed by atoms with Crippen LogP contribution >= 0.6 is 0 Å². The molecule has 0 radical (unpaired) electrons. The quantitative estimate of drug-likeness (QED) is 0.817. The van der Waals surface area contributed by atoms with E-state index in [1.54, 1.807) is 4.68 Å². The molecule has 2 fully saturated rings. The molecule has 2 saturated heterocycles. The largest absolute Gasteiger partial charge is 0.356 e.